The van der Waals surface area contributed by atoms with Crippen molar-refractivity contribution >= 4 is 0 Å². The van der Waals surface area contributed by atoms with Crippen LogP contribution < -0.4 is 6.15 Å². The first-order chi connectivity index (χ1) is 7.97. The van der Waals surface area contributed by atoms with Crippen molar-refractivity contribution in [1.82, 2.24) is 6.15 Å². The minimum Gasteiger partial charge on any atom is -0.344 e. The Morgan fingerprint density at radius 1 is 0.353 bits per heavy atom. The minimum absolute atomic E-state index is 0. The van der Waals surface area contributed by atoms with Crippen molar-refractivity contribution < 1.29 is 0 Å². The largest absolute Gasteiger partial charge is 0.344 e. The van der Waals surface area contributed by atoms with Gasteiger partial charge in [0.25, 0.3) is 0 Å². The molecule has 2 aliphatic rings. The Morgan fingerprint density at radius 2 is 0.588 bits per heavy atom. The van der Waals surface area contributed by atoms with Crippen LogP contribution in [-0.2, 0) is 0 Å². The average molecular weight is 239 g/mol. The first kappa shape index (κ1) is 15.0. The summed E-state index contributed by atoms with van der Waals surface area (Å²) in [7, 11) is 0. The van der Waals surface area contributed by atoms with Crippen molar-refractivity contribution in [1.29, 1.82) is 0 Å². The molecule has 0 spiro atoms. The van der Waals surface area contributed by atoms with Crippen LogP contribution in [0.4, 0.5) is 0 Å². The predicted octanol–water partition coefficient (Wildman–Crippen LogP) is 5.87. The van der Waals surface area contributed by atoms with Crippen LogP contribution in [-0.4, -0.2) is 0 Å². The third kappa shape index (κ3) is 5.42. The Balaban J connectivity index is 0.00000144. The van der Waals surface area contributed by atoms with Gasteiger partial charge in [-0.1, -0.05) is 89.9 Å². The van der Waals surface area contributed by atoms with E-state index in [1.54, 1.807) is 25.7 Å². The van der Waals surface area contributed by atoms with E-state index in [-0.39, 0.29) is 6.15 Å². The van der Waals surface area contributed by atoms with Crippen molar-refractivity contribution in [3.05, 3.63) is 0 Å². The maximum atomic E-state index is 1.56. The van der Waals surface area contributed by atoms with E-state index in [0.29, 0.717) is 0 Å². The second kappa shape index (κ2) is 8.97. The standard InChI is InChI=1S/C16H30.H3N/c1-3-7-11-15(12-8-4-1)16-13-9-5-2-6-10-14-16;/h15-16H,1-14H2;1H3. The van der Waals surface area contributed by atoms with Gasteiger partial charge in [0, 0.05) is 0 Å². The van der Waals surface area contributed by atoms with Gasteiger partial charge in [0.2, 0.25) is 0 Å². The minimum atomic E-state index is 0. The van der Waals surface area contributed by atoms with Crippen LogP contribution in [0.5, 0.6) is 0 Å². The molecular weight excluding hydrogens is 206 g/mol. The summed E-state index contributed by atoms with van der Waals surface area (Å²) in [6, 6.07) is 0. The summed E-state index contributed by atoms with van der Waals surface area (Å²) in [5.41, 5.74) is 0. The molecule has 2 fully saturated rings. The Hall–Kier alpha value is -0.0400. The van der Waals surface area contributed by atoms with E-state index in [9.17, 15) is 0 Å². The summed E-state index contributed by atoms with van der Waals surface area (Å²) >= 11 is 0. The molecule has 0 aromatic carbocycles. The van der Waals surface area contributed by atoms with Gasteiger partial charge in [0.15, 0.2) is 0 Å². The van der Waals surface area contributed by atoms with Gasteiger partial charge in [-0.2, -0.15) is 0 Å². The molecule has 0 aromatic rings. The fourth-order valence-corrected chi connectivity index (χ4v) is 3.92. The lowest BCUT2D eigenvalue weighted by Gasteiger charge is -2.30. The molecule has 0 aromatic heterocycles. The molecule has 2 rings (SSSR count). The summed E-state index contributed by atoms with van der Waals surface area (Å²) in [6.45, 7) is 0. The van der Waals surface area contributed by atoms with Crippen LogP contribution in [0.1, 0.15) is 89.9 Å². The summed E-state index contributed by atoms with van der Waals surface area (Å²) < 4.78 is 0. The highest BCUT2D eigenvalue weighted by atomic mass is 14.3. The van der Waals surface area contributed by atoms with E-state index in [2.05, 4.69) is 0 Å². The van der Waals surface area contributed by atoms with Crippen molar-refractivity contribution in [2.24, 2.45) is 11.8 Å². The molecule has 3 N–H and O–H groups in total. The summed E-state index contributed by atoms with van der Waals surface area (Å²) in [4.78, 5) is 0. The molecule has 0 bridgehead atoms. The molecule has 0 amide bonds. The zero-order valence-corrected chi connectivity index (χ0v) is 11.8. The highest BCUT2D eigenvalue weighted by Crippen LogP contribution is 2.35. The van der Waals surface area contributed by atoms with Gasteiger partial charge in [-0.15, -0.1) is 0 Å². The van der Waals surface area contributed by atoms with E-state index in [4.69, 9.17) is 0 Å². The van der Waals surface area contributed by atoms with Gasteiger partial charge < -0.3 is 6.15 Å². The molecule has 102 valence electrons. The first-order valence-corrected chi connectivity index (χ1v) is 7.97. The summed E-state index contributed by atoms with van der Waals surface area (Å²) in [5.74, 6) is 2.22. The second-order valence-electron chi connectivity index (χ2n) is 6.21. The van der Waals surface area contributed by atoms with E-state index >= 15 is 0 Å². The van der Waals surface area contributed by atoms with Crippen LogP contribution in [0.3, 0.4) is 0 Å². The smallest absolute Gasteiger partial charge is 0.0386 e. The van der Waals surface area contributed by atoms with E-state index < -0.39 is 0 Å². The molecule has 2 aliphatic carbocycles. The predicted molar refractivity (Wildman–Crippen MR) is 76.6 cm³/mol. The van der Waals surface area contributed by atoms with Gasteiger partial charge in [0.1, 0.15) is 0 Å². The highest BCUT2D eigenvalue weighted by Gasteiger charge is 2.22. The van der Waals surface area contributed by atoms with E-state index in [0.717, 1.165) is 11.8 Å². The first-order valence-electron chi connectivity index (χ1n) is 7.97. The Morgan fingerprint density at radius 3 is 0.882 bits per heavy atom. The molecule has 0 heterocycles. The number of rotatable bonds is 1. The van der Waals surface area contributed by atoms with Crippen molar-refractivity contribution in [3.63, 3.8) is 0 Å². The highest BCUT2D eigenvalue weighted by molar-refractivity contribution is 4.74. The van der Waals surface area contributed by atoms with Crippen LogP contribution in [0.2, 0.25) is 0 Å². The summed E-state index contributed by atoms with van der Waals surface area (Å²) in [6.07, 6.45) is 21.4. The SMILES string of the molecule is C1CCCC(C2CCCCCCC2)CCC1.N. The zero-order valence-electron chi connectivity index (χ0n) is 11.8. The lowest BCUT2D eigenvalue weighted by Crippen LogP contribution is -2.17. The molecule has 1 heteroatoms. The molecule has 1 nitrogen and oxygen atoms in total. The van der Waals surface area contributed by atoms with Crippen molar-refractivity contribution in [2.45, 2.75) is 89.9 Å². The van der Waals surface area contributed by atoms with Crippen LogP contribution in [0, 0.1) is 11.8 Å². The van der Waals surface area contributed by atoms with E-state index in [1.165, 1.54) is 64.2 Å². The second-order valence-corrected chi connectivity index (χ2v) is 6.21. The molecule has 17 heavy (non-hydrogen) atoms. The van der Waals surface area contributed by atoms with Crippen LogP contribution in [0.25, 0.3) is 0 Å². The Labute approximate surface area is 108 Å². The maximum Gasteiger partial charge on any atom is -0.0386 e. The van der Waals surface area contributed by atoms with Gasteiger partial charge >= 0.3 is 0 Å². The summed E-state index contributed by atoms with van der Waals surface area (Å²) in [5, 5.41) is 0. The topological polar surface area (TPSA) is 35.0 Å². The molecular formula is C16H33N. The molecule has 0 unspecified atom stereocenters. The molecule has 2 saturated carbocycles. The Bertz CT molecular complexity index is 142. The maximum absolute atomic E-state index is 1.56. The lowest BCUT2D eigenvalue weighted by atomic mass is 9.76. The van der Waals surface area contributed by atoms with Crippen molar-refractivity contribution in [2.75, 3.05) is 0 Å². The van der Waals surface area contributed by atoms with Gasteiger partial charge in [-0.25, -0.2) is 0 Å². The number of hydrogen-bond donors (Lipinski definition) is 1. The quantitative estimate of drug-likeness (QED) is 0.610. The lowest BCUT2D eigenvalue weighted by molar-refractivity contribution is 0.221. The monoisotopic (exact) mass is 239 g/mol. The molecule has 0 atom stereocenters. The van der Waals surface area contributed by atoms with Crippen LogP contribution in [0.15, 0.2) is 0 Å². The Kier molecular flexibility index (Phi) is 7.92. The zero-order chi connectivity index (χ0) is 11.1. The number of hydrogen-bond acceptors (Lipinski definition) is 1. The third-order valence-corrected chi connectivity index (χ3v) is 4.97. The fourth-order valence-electron chi connectivity index (χ4n) is 3.92. The third-order valence-electron chi connectivity index (χ3n) is 4.97. The van der Waals surface area contributed by atoms with Crippen molar-refractivity contribution in [3.8, 4) is 0 Å². The molecule has 0 radical (unpaired) electrons. The van der Waals surface area contributed by atoms with Crippen LogP contribution >= 0.6 is 0 Å². The molecule has 0 aliphatic heterocycles. The van der Waals surface area contributed by atoms with Gasteiger partial charge in [-0.3, -0.25) is 0 Å². The van der Waals surface area contributed by atoms with Gasteiger partial charge in [0.05, 0.1) is 0 Å². The normalized spacial score (nSPS) is 26.1. The molecule has 0 saturated heterocycles. The van der Waals surface area contributed by atoms with E-state index in [1.807, 2.05) is 0 Å². The van der Waals surface area contributed by atoms with Gasteiger partial charge in [-0.05, 0) is 11.8 Å². The fraction of sp³-hybridized carbons (Fsp3) is 1.00. The average Bonchev–Trinajstić information content (AvgIpc) is 2.18.